The molecule has 0 aliphatic heterocycles. The first kappa shape index (κ1) is 10.2. The van der Waals surface area contributed by atoms with Gasteiger partial charge in [0.1, 0.15) is 4.60 Å². The second kappa shape index (κ2) is 3.87. The van der Waals surface area contributed by atoms with E-state index in [0.717, 1.165) is 6.07 Å². The van der Waals surface area contributed by atoms with Crippen LogP contribution in [0.4, 0.5) is 13.2 Å². The number of aromatic nitrogens is 1. The number of hydrogen-bond donors (Lipinski definition) is 0. The monoisotopic (exact) mass is 253 g/mol. The fourth-order valence-electron chi connectivity index (χ4n) is 0.713. The first-order valence-corrected chi connectivity index (χ1v) is 3.96. The van der Waals surface area contributed by atoms with Gasteiger partial charge in [-0.2, -0.15) is 4.39 Å². The van der Waals surface area contributed by atoms with Gasteiger partial charge in [0.05, 0.1) is 5.56 Å². The molecule has 1 rings (SSSR count). The van der Waals surface area contributed by atoms with E-state index >= 15 is 0 Å². The highest BCUT2D eigenvalue weighted by Gasteiger charge is 2.21. The van der Waals surface area contributed by atoms with E-state index in [1.807, 2.05) is 0 Å². The van der Waals surface area contributed by atoms with Crippen LogP contribution in [0, 0.1) is 5.95 Å². The Bertz CT molecular complexity index is 343. The zero-order valence-corrected chi connectivity index (χ0v) is 7.69. The minimum absolute atomic E-state index is 0.149. The molecule has 0 radical (unpaired) electrons. The lowest BCUT2D eigenvalue weighted by molar-refractivity contribution is 0.0673. The summed E-state index contributed by atoms with van der Waals surface area (Å²) >= 11 is 2.83. The highest BCUT2D eigenvalue weighted by Crippen LogP contribution is 2.14. The van der Waals surface area contributed by atoms with Crippen LogP contribution in [-0.2, 0) is 0 Å². The van der Waals surface area contributed by atoms with E-state index in [4.69, 9.17) is 0 Å². The summed E-state index contributed by atoms with van der Waals surface area (Å²) in [5.41, 5.74) is -0.696. The van der Waals surface area contributed by atoms with Crippen LogP contribution in [0.1, 0.15) is 10.4 Å². The van der Waals surface area contributed by atoms with Crippen molar-refractivity contribution in [1.29, 1.82) is 0 Å². The van der Waals surface area contributed by atoms with Crippen LogP contribution < -0.4 is 0 Å². The Labute approximate surface area is 79.9 Å². The third kappa shape index (κ3) is 2.27. The average Bonchev–Trinajstić information content (AvgIpc) is 2.03. The summed E-state index contributed by atoms with van der Waals surface area (Å²) in [6.07, 6.45) is -3.21. The van der Waals surface area contributed by atoms with E-state index in [1.54, 1.807) is 0 Å². The van der Waals surface area contributed by atoms with Crippen molar-refractivity contribution in [2.75, 3.05) is 0 Å². The number of carbonyl (C=O) groups is 1. The van der Waals surface area contributed by atoms with Gasteiger partial charge in [-0.25, -0.2) is 13.8 Å². The molecule has 0 aliphatic rings. The summed E-state index contributed by atoms with van der Waals surface area (Å²) in [5, 5.41) is 0. The molecule has 0 aromatic carbocycles. The van der Waals surface area contributed by atoms with Gasteiger partial charge in [-0.05, 0) is 28.1 Å². The van der Waals surface area contributed by atoms with E-state index in [-0.39, 0.29) is 4.60 Å². The Hall–Kier alpha value is -0.910. The lowest BCUT2D eigenvalue weighted by Gasteiger charge is -2.00. The molecule has 0 amide bonds. The van der Waals surface area contributed by atoms with Crippen molar-refractivity contribution in [3.8, 4) is 0 Å². The Kier molecular flexibility index (Phi) is 3.02. The Morgan fingerprint density at radius 3 is 2.54 bits per heavy atom. The second-order valence-electron chi connectivity index (χ2n) is 2.14. The number of ketones is 1. The van der Waals surface area contributed by atoms with Gasteiger partial charge in [0.2, 0.25) is 11.7 Å². The average molecular weight is 254 g/mol. The normalized spacial score (nSPS) is 10.5. The number of halogens is 4. The maximum Gasteiger partial charge on any atom is 0.300 e. The van der Waals surface area contributed by atoms with Gasteiger partial charge in [-0.3, -0.25) is 4.79 Å². The molecule has 0 saturated heterocycles. The van der Waals surface area contributed by atoms with Crippen molar-refractivity contribution in [3.63, 3.8) is 0 Å². The van der Waals surface area contributed by atoms with Crippen LogP contribution in [0.5, 0.6) is 0 Å². The van der Waals surface area contributed by atoms with Crippen LogP contribution in [-0.4, -0.2) is 17.2 Å². The Balaban J connectivity index is 3.09. The van der Waals surface area contributed by atoms with Crippen LogP contribution in [0.3, 0.4) is 0 Å². The van der Waals surface area contributed by atoms with Gasteiger partial charge in [0.15, 0.2) is 0 Å². The van der Waals surface area contributed by atoms with E-state index < -0.39 is 23.7 Å². The molecular weight excluding hydrogens is 251 g/mol. The number of rotatable bonds is 2. The predicted octanol–water partition coefficient (Wildman–Crippen LogP) is 2.43. The van der Waals surface area contributed by atoms with E-state index in [1.165, 1.54) is 6.07 Å². The minimum atomic E-state index is -3.21. The molecule has 0 spiro atoms. The number of hydrogen-bond acceptors (Lipinski definition) is 2. The quantitative estimate of drug-likeness (QED) is 0.599. The van der Waals surface area contributed by atoms with Crippen LogP contribution in [0.25, 0.3) is 0 Å². The van der Waals surface area contributed by atoms with Crippen LogP contribution in [0.2, 0.25) is 0 Å². The van der Waals surface area contributed by atoms with Crippen LogP contribution in [0.15, 0.2) is 16.7 Å². The zero-order chi connectivity index (χ0) is 10.0. The highest BCUT2D eigenvalue weighted by atomic mass is 79.9. The molecule has 2 nitrogen and oxygen atoms in total. The standard InChI is InChI=1S/C7H3BrF3NO/c8-4-2-1-3(7(11)12-4)5(13)6(9)10/h1-2,6H. The summed E-state index contributed by atoms with van der Waals surface area (Å²) in [6, 6.07) is 2.18. The molecular formula is C7H3BrF3NO. The second-order valence-corrected chi connectivity index (χ2v) is 2.95. The maximum absolute atomic E-state index is 12.8. The fourth-order valence-corrected chi connectivity index (χ4v) is 1.00. The summed E-state index contributed by atoms with van der Waals surface area (Å²) in [4.78, 5) is 13.8. The molecule has 0 saturated carbocycles. The third-order valence-corrected chi connectivity index (χ3v) is 1.72. The molecule has 13 heavy (non-hydrogen) atoms. The summed E-state index contributed by atoms with van der Waals surface area (Å²) < 4.78 is 36.6. The summed E-state index contributed by atoms with van der Waals surface area (Å²) in [7, 11) is 0. The van der Waals surface area contributed by atoms with Crippen molar-refractivity contribution in [3.05, 3.63) is 28.2 Å². The van der Waals surface area contributed by atoms with Gasteiger partial charge in [0, 0.05) is 0 Å². The first-order valence-electron chi connectivity index (χ1n) is 3.17. The van der Waals surface area contributed by atoms with Crippen molar-refractivity contribution >= 4 is 21.7 Å². The molecule has 0 atom stereocenters. The lowest BCUT2D eigenvalue weighted by atomic mass is 10.2. The fraction of sp³-hybridized carbons (Fsp3) is 0.143. The molecule has 1 heterocycles. The maximum atomic E-state index is 12.8. The molecule has 1 aromatic rings. The minimum Gasteiger partial charge on any atom is -0.288 e. The van der Waals surface area contributed by atoms with Gasteiger partial charge in [0.25, 0.3) is 0 Å². The van der Waals surface area contributed by atoms with Crippen molar-refractivity contribution in [1.82, 2.24) is 4.98 Å². The zero-order valence-electron chi connectivity index (χ0n) is 6.10. The van der Waals surface area contributed by atoms with E-state index in [0.29, 0.717) is 0 Å². The number of carbonyl (C=O) groups excluding carboxylic acids is 1. The number of Topliss-reactive ketones (excluding diaryl/α,β-unsaturated/α-hetero) is 1. The van der Waals surface area contributed by atoms with E-state index in [9.17, 15) is 18.0 Å². The smallest absolute Gasteiger partial charge is 0.288 e. The van der Waals surface area contributed by atoms with Gasteiger partial charge in [-0.1, -0.05) is 0 Å². The molecule has 0 N–H and O–H groups in total. The van der Waals surface area contributed by atoms with Crippen molar-refractivity contribution in [2.45, 2.75) is 6.43 Å². The molecule has 6 heteroatoms. The first-order chi connectivity index (χ1) is 6.02. The highest BCUT2D eigenvalue weighted by molar-refractivity contribution is 9.10. The van der Waals surface area contributed by atoms with Gasteiger partial charge >= 0.3 is 6.43 Å². The Morgan fingerprint density at radius 2 is 2.08 bits per heavy atom. The molecule has 0 fully saturated rings. The molecule has 1 aromatic heterocycles. The molecule has 0 unspecified atom stereocenters. The van der Waals surface area contributed by atoms with E-state index in [2.05, 4.69) is 20.9 Å². The third-order valence-electron chi connectivity index (χ3n) is 1.28. The predicted molar refractivity (Wildman–Crippen MR) is 42.2 cm³/mol. The summed E-state index contributed by atoms with van der Waals surface area (Å²) in [6.45, 7) is 0. The Morgan fingerprint density at radius 1 is 1.46 bits per heavy atom. The SMILES string of the molecule is O=C(c1ccc(Br)nc1F)C(F)F. The van der Waals surface area contributed by atoms with Crippen molar-refractivity contribution < 1.29 is 18.0 Å². The molecule has 0 aliphatic carbocycles. The van der Waals surface area contributed by atoms with Gasteiger partial charge < -0.3 is 0 Å². The number of alkyl halides is 2. The number of pyridine rings is 1. The van der Waals surface area contributed by atoms with Gasteiger partial charge in [-0.15, -0.1) is 0 Å². The molecule has 70 valence electrons. The lowest BCUT2D eigenvalue weighted by Crippen LogP contribution is -2.13. The van der Waals surface area contributed by atoms with Crippen LogP contribution >= 0.6 is 15.9 Å². The largest absolute Gasteiger partial charge is 0.300 e. The van der Waals surface area contributed by atoms with Crippen molar-refractivity contribution in [2.24, 2.45) is 0 Å². The molecule has 0 bridgehead atoms. The topological polar surface area (TPSA) is 30.0 Å². The summed E-state index contributed by atoms with van der Waals surface area (Å²) in [5.74, 6) is -2.75. The number of nitrogens with zero attached hydrogens (tertiary/aromatic N) is 1.